The van der Waals surface area contributed by atoms with Gasteiger partial charge in [0.25, 0.3) is 0 Å². The van der Waals surface area contributed by atoms with Crippen molar-refractivity contribution in [3.63, 3.8) is 0 Å². The monoisotopic (exact) mass is 688 g/mol. The highest BCUT2D eigenvalue weighted by Crippen LogP contribution is 2.59. The van der Waals surface area contributed by atoms with Crippen LogP contribution in [0.4, 0.5) is 0 Å². The normalized spacial score (nSPS) is 14.6. The van der Waals surface area contributed by atoms with Gasteiger partial charge in [-0.15, -0.1) is 0 Å². The van der Waals surface area contributed by atoms with Crippen LogP contribution in [0.1, 0.15) is 49.9 Å². The van der Waals surface area contributed by atoms with Crippen LogP contribution in [-0.2, 0) is 10.8 Å². The van der Waals surface area contributed by atoms with Gasteiger partial charge in [-0.3, -0.25) is 0 Å². The van der Waals surface area contributed by atoms with E-state index in [4.69, 9.17) is 0 Å². The Labute approximate surface area is 317 Å². The van der Waals surface area contributed by atoms with E-state index in [1.165, 1.54) is 110 Å². The zero-order chi connectivity index (χ0) is 36.3. The van der Waals surface area contributed by atoms with Gasteiger partial charge in [-0.05, 0) is 147 Å². The molecule has 0 saturated carbocycles. The van der Waals surface area contributed by atoms with Crippen molar-refractivity contribution in [2.45, 2.75) is 38.5 Å². The molecular formula is C54H40. The number of hydrogen-bond acceptors (Lipinski definition) is 0. The van der Waals surface area contributed by atoms with Gasteiger partial charge in [-0.25, -0.2) is 0 Å². The summed E-state index contributed by atoms with van der Waals surface area (Å²) in [6.07, 6.45) is 0. The minimum atomic E-state index is -0.141. The summed E-state index contributed by atoms with van der Waals surface area (Å²) in [5, 5.41) is 7.64. The predicted octanol–water partition coefficient (Wildman–Crippen LogP) is 14.8. The zero-order valence-electron chi connectivity index (χ0n) is 31.2. The fraction of sp³-hybridized carbons (Fsp3) is 0.111. The molecule has 0 nitrogen and oxygen atoms in total. The molecule has 0 saturated heterocycles. The van der Waals surface area contributed by atoms with Crippen molar-refractivity contribution < 1.29 is 0 Å². The quantitative estimate of drug-likeness (QED) is 0.173. The molecule has 0 heterocycles. The number of benzene rings is 9. The fourth-order valence-corrected chi connectivity index (χ4v) is 9.93. The molecule has 0 aromatic heterocycles. The van der Waals surface area contributed by atoms with Crippen molar-refractivity contribution in [3.8, 4) is 55.6 Å². The first-order valence-corrected chi connectivity index (χ1v) is 19.2. The lowest BCUT2D eigenvalue weighted by molar-refractivity contribution is 0.601. The van der Waals surface area contributed by atoms with E-state index in [0.717, 1.165) is 0 Å². The third kappa shape index (κ3) is 4.50. The molecule has 9 aromatic rings. The van der Waals surface area contributed by atoms with E-state index in [2.05, 4.69) is 198 Å². The third-order valence-corrected chi connectivity index (χ3v) is 12.8. The van der Waals surface area contributed by atoms with Crippen molar-refractivity contribution in [2.75, 3.05) is 0 Å². The SMILES string of the molecule is CC1(C)c2ccc(-c3ccc4ccccc4c3)cc2-c2ccc3c(c21)C(C)(C)c1cc(-c2ccc4cc(-c5ccc6ccccc6c5)ccc4c2)ccc1-3. The molecule has 256 valence electrons. The van der Waals surface area contributed by atoms with E-state index in [1.807, 2.05) is 0 Å². The van der Waals surface area contributed by atoms with Crippen molar-refractivity contribution in [2.24, 2.45) is 0 Å². The molecule has 0 aliphatic heterocycles. The second-order valence-electron chi connectivity index (χ2n) is 16.6. The highest BCUT2D eigenvalue weighted by molar-refractivity contribution is 5.96. The highest BCUT2D eigenvalue weighted by Gasteiger charge is 2.45. The van der Waals surface area contributed by atoms with Gasteiger partial charge in [-0.1, -0.05) is 161 Å². The minimum Gasteiger partial charge on any atom is -0.0616 e. The summed E-state index contributed by atoms with van der Waals surface area (Å²) < 4.78 is 0. The van der Waals surface area contributed by atoms with Crippen molar-refractivity contribution in [1.29, 1.82) is 0 Å². The van der Waals surface area contributed by atoms with Crippen LogP contribution >= 0.6 is 0 Å². The van der Waals surface area contributed by atoms with Crippen LogP contribution in [0.5, 0.6) is 0 Å². The topological polar surface area (TPSA) is 0 Å². The minimum absolute atomic E-state index is 0.107. The average molecular weight is 689 g/mol. The molecule has 0 fully saturated rings. The first-order chi connectivity index (χ1) is 26.2. The summed E-state index contributed by atoms with van der Waals surface area (Å²) >= 11 is 0. The van der Waals surface area contributed by atoms with E-state index in [0.29, 0.717) is 0 Å². The first kappa shape index (κ1) is 31.3. The van der Waals surface area contributed by atoms with Gasteiger partial charge in [0.15, 0.2) is 0 Å². The van der Waals surface area contributed by atoms with E-state index < -0.39 is 0 Å². The molecule has 0 radical (unpaired) electrons. The molecule has 11 rings (SSSR count). The van der Waals surface area contributed by atoms with Crippen LogP contribution in [-0.4, -0.2) is 0 Å². The Hall–Kier alpha value is -6.24. The molecule has 54 heavy (non-hydrogen) atoms. The maximum absolute atomic E-state index is 2.47. The summed E-state index contributed by atoms with van der Waals surface area (Å²) in [6.45, 7) is 9.74. The molecule has 0 amide bonds. The summed E-state index contributed by atoms with van der Waals surface area (Å²) in [5.41, 5.74) is 18.6. The molecule has 9 aromatic carbocycles. The number of rotatable bonds is 3. The summed E-state index contributed by atoms with van der Waals surface area (Å²) in [5.74, 6) is 0. The molecule has 0 bridgehead atoms. The third-order valence-electron chi connectivity index (χ3n) is 12.8. The smallest absolute Gasteiger partial charge is 0.0162 e. The van der Waals surface area contributed by atoms with Crippen LogP contribution in [0.3, 0.4) is 0 Å². The number of fused-ring (bicyclic) bond motifs is 10. The Morgan fingerprint density at radius 1 is 0.259 bits per heavy atom. The summed E-state index contributed by atoms with van der Waals surface area (Å²) in [6, 6.07) is 63.8. The predicted molar refractivity (Wildman–Crippen MR) is 230 cm³/mol. The Morgan fingerprint density at radius 2 is 0.611 bits per heavy atom. The molecule has 0 spiro atoms. The second kappa shape index (κ2) is 11.1. The molecule has 2 aliphatic carbocycles. The summed E-state index contributed by atoms with van der Waals surface area (Å²) in [7, 11) is 0. The molecule has 0 N–H and O–H groups in total. The van der Waals surface area contributed by atoms with E-state index in [9.17, 15) is 0 Å². The number of hydrogen-bond donors (Lipinski definition) is 0. The zero-order valence-corrected chi connectivity index (χ0v) is 31.2. The lowest BCUT2D eigenvalue weighted by Gasteiger charge is -2.31. The van der Waals surface area contributed by atoms with Crippen molar-refractivity contribution >= 4 is 32.3 Å². The Balaban J connectivity index is 0.962. The lowest BCUT2D eigenvalue weighted by Crippen LogP contribution is -2.24. The van der Waals surface area contributed by atoms with E-state index in [-0.39, 0.29) is 10.8 Å². The maximum atomic E-state index is 2.47. The van der Waals surface area contributed by atoms with Gasteiger partial charge in [0.05, 0.1) is 0 Å². The van der Waals surface area contributed by atoms with Crippen LogP contribution in [0.15, 0.2) is 170 Å². The van der Waals surface area contributed by atoms with Crippen LogP contribution in [0.25, 0.3) is 88.0 Å². The van der Waals surface area contributed by atoms with Gasteiger partial charge in [0.1, 0.15) is 0 Å². The molecule has 0 unspecified atom stereocenters. The van der Waals surface area contributed by atoms with Crippen LogP contribution < -0.4 is 0 Å². The van der Waals surface area contributed by atoms with Gasteiger partial charge >= 0.3 is 0 Å². The van der Waals surface area contributed by atoms with Crippen molar-refractivity contribution in [1.82, 2.24) is 0 Å². The Morgan fingerprint density at radius 3 is 1.15 bits per heavy atom. The average Bonchev–Trinajstić information content (AvgIpc) is 3.58. The lowest BCUT2D eigenvalue weighted by atomic mass is 9.72. The fourth-order valence-electron chi connectivity index (χ4n) is 9.93. The molecule has 0 heteroatoms. The van der Waals surface area contributed by atoms with E-state index >= 15 is 0 Å². The molecular weight excluding hydrogens is 649 g/mol. The second-order valence-corrected chi connectivity index (χ2v) is 16.6. The van der Waals surface area contributed by atoms with Gasteiger partial charge in [0.2, 0.25) is 0 Å². The van der Waals surface area contributed by atoms with Crippen LogP contribution in [0, 0.1) is 0 Å². The van der Waals surface area contributed by atoms with Gasteiger partial charge < -0.3 is 0 Å². The maximum Gasteiger partial charge on any atom is 0.0162 e. The first-order valence-electron chi connectivity index (χ1n) is 19.2. The Bertz CT molecular complexity index is 3040. The van der Waals surface area contributed by atoms with Gasteiger partial charge in [0, 0.05) is 10.8 Å². The molecule has 2 aliphatic rings. The summed E-state index contributed by atoms with van der Waals surface area (Å²) in [4.78, 5) is 0. The molecule has 0 atom stereocenters. The Kier molecular flexibility index (Phi) is 6.46. The largest absolute Gasteiger partial charge is 0.0616 e. The van der Waals surface area contributed by atoms with Crippen LogP contribution in [0.2, 0.25) is 0 Å². The van der Waals surface area contributed by atoms with Crippen molar-refractivity contribution in [3.05, 3.63) is 192 Å². The highest BCUT2D eigenvalue weighted by atomic mass is 14.5. The van der Waals surface area contributed by atoms with Gasteiger partial charge in [-0.2, -0.15) is 0 Å². The standard InChI is InChI=1S/C54H40/c1-53(2)49-26-22-43(41-16-14-34-10-6-8-12-36(34)28-41)31-48(49)47-25-24-46-45-23-21-44(32-50(45)54(3,4)51(46)52(47)53)42-20-19-39-29-38(17-18-40(39)30-42)37-15-13-33-9-5-7-11-35(33)27-37/h5-32H,1-4H3. The van der Waals surface area contributed by atoms with E-state index in [1.54, 1.807) is 0 Å².